The Morgan fingerprint density at radius 1 is 1.08 bits per heavy atom. The molecule has 12 atom stereocenters. The molecule has 0 spiro atoms. The van der Waals surface area contributed by atoms with Crippen molar-refractivity contribution in [1.29, 1.82) is 0 Å². The van der Waals surface area contributed by atoms with Crippen molar-refractivity contribution in [3.8, 4) is 0 Å². The lowest BCUT2D eigenvalue weighted by atomic mass is 9.72. The van der Waals surface area contributed by atoms with Gasteiger partial charge in [0.2, 0.25) is 0 Å². The van der Waals surface area contributed by atoms with Crippen LogP contribution in [-0.4, -0.2) is 166 Å². The first-order valence-electron chi connectivity index (χ1n) is 17.9. The smallest absolute Gasteiger partial charge is 0.410 e. The second-order valence-corrected chi connectivity index (χ2v) is 16.2. The minimum Gasteiger partial charge on any atom is -0.492 e. The van der Waals surface area contributed by atoms with E-state index in [1.54, 1.807) is 47.6 Å². The predicted molar refractivity (Wildman–Crippen MR) is 189 cm³/mol. The van der Waals surface area contributed by atoms with E-state index in [0.29, 0.717) is 18.7 Å². The molecular formula is C34H62N6O13. The van der Waals surface area contributed by atoms with Gasteiger partial charge in [0.1, 0.15) is 47.0 Å². The molecule has 2 heterocycles. The van der Waals surface area contributed by atoms with Gasteiger partial charge in [0.05, 0.1) is 44.5 Å². The zero-order valence-corrected chi connectivity index (χ0v) is 32.0. The van der Waals surface area contributed by atoms with Crippen molar-refractivity contribution in [1.82, 2.24) is 20.9 Å². The molecule has 306 valence electrons. The van der Waals surface area contributed by atoms with Crippen LogP contribution in [0.4, 0.5) is 9.59 Å². The molecule has 3 rings (SSSR count). The van der Waals surface area contributed by atoms with Gasteiger partial charge in [-0.25, -0.2) is 9.59 Å². The third-order valence-electron chi connectivity index (χ3n) is 9.08. The molecule has 19 nitrogen and oxygen atoms in total. The van der Waals surface area contributed by atoms with Gasteiger partial charge in [-0.1, -0.05) is 0 Å². The minimum atomic E-state index is -1.77. The Kier molecular flexibility index (Phi) is 15.3. The summed E-state index contributed by atoms with van der Waals surface area (Å²) in [5, 5.41) is 62.6. The van der Waals surface area contributed by atoms with Crippen molar-refractivity contribution < 1.29 is 63.6 Å². The number of aliphatic hydroxyl groups excluding tert-OH is 4. The van der Waals surface area contributed by atoms with Crippen LogP contribution in [0.1, 0.15) is 61.3 Å². The van der Waals surface area contributed by atoms with Gasteiger partial charge >= 0.3 is 12.2 Å². The van der Waals surface area contributed by atoms with Crippen LogP contribution in [0.2, 0.25) is 0 Å². The fraction of sp³-hybridized carbons (Fsp3) is 0.853. The highest BCUT2D eigenvalue weighted by atomic mass is 16.7. The zero-order valence-electron chi connectivity index (χ0n) is 32.0. The predicted octanol–water partition coefficient (Wildman–Crippen LogP) is -2.26. The molecule has 3 aliphatic rings. The summed E-state index contributed by atoms with van der Waals surface area (Å²) in [5.74, 6) is -1.29. The fourth-order valence-corrected chi connectivity index (χ4v) is 6.72. The molecule has 2 aliphatic heterocycles. The molecule has 2 fully saturated rings. The van der Waals surface area contributed by atoms with E-state index in [-0.39, 0.29) is 19.6 Å². The number of hydrogen-bond donors (Lipinski definition) is 10. The molecule has 1 saturated heterocycles. The van der Waals surface area contributed by atoms with Crippen LogP contribution in [0.5, 0.6) is 0 Å². The first-order chi connectivity index (χ1) is 24.5. The van der Waals surface area contributed by atoms with E-state index in [1.807, 2.05) is 0 Å². The number of carbonyl (C=O) groups is 3. The van der Waals surface area contributed by atoms with E-state index in [4.69, 9.17) is 40.3 Å². The van der Waals surface area contributed by atoms with E-state index >= 15 is 0 Å². The third kappa shape index (κ3) is 12.3. The van der Waals surface area contributed by atoms with Crippen molar-refractivity contribution in [2.45, 2.75) is 139 Å². The van der Waals surface area contributed by atoms with Gasteiger partial charge in [-0.05, 0) is 67.4 Å². The molecule has 0 aromatic carbocycles. The molecule has 1 aliphatic carbocycles. The van der Waals surface area contributed by atoms with Crippen LogP contribution in [-0.2, 0) is 28.5 Å². The molecular weight excluding hydrogens is 700 g/mol. The van der Waals surface area contributed by atoms with Crippen molar-refractivity contribution in [2.75, 3.05) is 39.9 Å². The van der Waals surface area contributed by atoms with Gasteiger partial charge in [-0.2, -0.15) is 0 Å². The Bertz CT molecular complexity index is 1270. The van der Waals surface area contributed by atoms with Crippen LogP contribution in [0, 0.1) is 5.92 Å². The number of likely N-dealkylation sites (N-methyl/N-ethyl adjacent to an activating group) is 1. The molecule has 19 heteroatoms. The van der Waals surface area contributed by atoms with Crippen LogP contribution in [0.3, 0.4) is 0 Å². The van der Waals surface area contributed by atoms with Gasteiger partial charge in [0, 0.05) is 31.6 Å². The molecule has 12 N–H and O–H groups in total. The van der Waals surface area contributed by atoms with Crippen molar-refractivity contribution in [2.24, 2.45) is 17.4 Å². The topological polar surface area (TPSA) is 290 Å². The maximum atomic E-state index is 13.3. The number of rotatable bonds is 12. The third-order valence-corrected chi connectivity index (χ3v) is 9.08. The Morgan fingerprint density at radius 3 is 2.32 bits per heavy atom. The number of ether oxygens (including phenoxy) is 5. The highest BCUT2D eigenvalue weighted by Gasteiger charge is 2.55. The first-order valence-corrected chi connectivity index (χ1v) is 17.9. The summed E-state index contributed by atoms with van der Waals surface area (Å²) in [5.41, 5.74) is 9.67. The van der Waals surface area contributed by atoms with Crippen LogP contribution >= 0.6 is 0 Å². The van der Waals surface area contributed by atoms with E-state index in [9.17, 15) is 34.8 Å². The Hall–Kier alpha value is -2.85. The van der Waals surface area contributed by atoms with Crippen LogP contribution in [0.25, 0.3) is 0 Å². The molecule has 1 saturated carbocycles. The lowest BCUT2D eigenvalue weighted by Crippen LogP contribution is -2.70. The Balaban J connectivity index is 1.89. The summed E-state index contributed by atoms with van der Waals surface area (Å²) >= 11 is 0. The Labute approximate surface area is 310 Å². The average Bonchev–Trinajstić information content (AvgIpc) is 3.02. The van der Waals surface area contributed by atoms with Crippen molar-refractivity contribution >= 4 is 18.1 Å². The number of nitrogens with zero attached hydrogens (tertiary/aromatic N) is 1. The first kappa shape index (κ1) is 44.5. The van der Waals surface area contributed by atoms with Gasteiger partial charge in [0.25, 0.3) is 5.91 Å². The van der Waals surface area contributed by atoms with E-state index < -0.39 is 115 Å². The maximum absolute atomic E-state index is 13.3. The van der Waals surface area contributed by atoms with E-state index in [1.165, 1.54) is 14.0 Å². The van der Waals surface area contributed by atoms with Crippen molar-refractivity contribution in [3.63, 3.8) is 0 Å². The average molecular weight is 763 g/mol. The Morgan fingerprint density at radius 2 is 1.72 bits per heavy atom. The SMILES string of the molecule is CN(C(=O)OC(C)(C)C)[C@@H]1[C@@H](O)[C@@H](O[C@@H]2[C@@H](O)[C@H](C3OC(CNCCO)=CC[C@H]3N)[C@@H](N)C[C@H]2NC(=O)[C@@H](O)CNC(=O)OC(C)(C)C)OC[C@]1(C)O. The molecule has 0 radical (unpaired) electrons. The number of carbonyl (C=O) groups excluding carboxylic acids is 3. The molecule has 3 amide bonds. The summed E-state index contributed by atoms with van der Waals surface area (Å²) < 4.78 is 28.9. The summed E-state index contributed by atoms with van der Waals surface area (Å²) in [6, 6.07) is -3.84. The number of amides is 3. The molecule has 0 aromatic heterocycles. The van der Waals surface area contributed by atoms with Crippen LogP contribution < -0.4 is 27.4 Å². The van der Waals surface area contributed by atoms with E-state index in [2.05, 4.69) is 16.0 Å². The number of nitrogens with two attached hydrogens (primary N) is 2. The highest BCUT2D eigenvalue weighted by Crippen LogP contribution is 2.37. The monoisotopic (exact) mass is 762 g/mol. The van der Waals surface area contributed by atoms with Crippen LogP contribution in [0.15, 0.2) is 11.8 Å². The largest absolute Gasteiger partial charge is 0.492 e. The van der Waals surface area contributed by atoms with Crippen molar-refractivity contribution in [3.05, 3.63) is 11.8 Å². The molecule has 1 unspecified atom stereocenters. The summed E-state index contributed by atoms with van der Waals surface area (Å²) in [6.07, 6.45) is -8.23. The number of alkyl carbamates (subject to hydrolysis) is 1. The number of nitrogens with one attached hydrogen (secondary N) is 3. The zero-order chi connectivity index (χ0) is 40.1. The fourth-order valence-electron chi connectivity index (χ4n) is 6.72. The number of hydrogen-bond acceptors (Lipinski definition) is 16. The lowest BCUT2D eigenvalue weighted by Gasteiger charge is -2.51. The quantitative estimate of drug-likeness (QED) is 0.0939. The summed E-state index contributed by atoms with van der Waals surface area (Å²) in [4.78, 5) is 39.5. The standard InChI is InChI=1S/C34H62N6O13/c1-32(2,3)52-30(46)38-15-21(42)28(45)39-20-13-19(36)22(25-18(35)10-9-17(50-25)14-37-11-12-41)23(43)26(20)51-29-24(44)27(34(7,48)16-49-29)40(8)31(47)53-33(4,5)6/h9,18-27,29,37,41-44,48H,10-16,35-36H2,1-8H3,(H,38,46)(H,39,45)/t18-,19+,20-,21+,22-,23+,24-,25?,26+,27-,29-,34+/m1/s1. The number of aliphatic hydroxyl groups is 5. The normalized spacial score (nSPS) is 34.2. The van der Waals surface area contributed by atoms with Gasteiger partial charge in [0.15, 0.2) is 6.29 Å². The molecule has 0 aromatic rings. The second kappa shape index (κ2) is 18.2. The second-order valence-electron chi connectivity index (χ2n) is 16.2. The highest BCUT2D eigenvalue weighted by molar-refractivity contribution is 5.81. The maximum Gasteiger partial charge on any atom is 0.410 e. The summed E-state index contributed by atoms with van der Waals surface area (Å²) in [7, 11) is 1.35. The van der Waals surface area contributed by atoms with Gasteiger partial charge in [-0.3, -0.25) is 4.79 Å². The molecule has 53 heavy (non-hydrogen) atoms. The summed E-state index contributed by atoms with van der Waals surface area (Å²) in [6.45, 7) is 11.0. The lowest BCUT2D eigenvalue weighted by molar-refractivity contribution is -0.305. The molecule has 0 bridgehead atoms. The van der Waals surface area contributed by atoms with Gasteiger partial charge in [-0.15, -0.1) is 0 Å². The minimum absolute atomic E-state index is 0.0273. The van der Waals surface area contributed by atoms with Gasteiger partial charge < -0.3 is 81.5 Å². The van der Waals surface area contributed by atoms with E-state index in [0.717, 1.165) is 4.90 Å².